The Kier molecular flexibility index (Phi) is 3.33. The van der Waals surface area contributed by atoms with E-state index >= 15 is 0 Å². The van der Waals surface area contributed by atoms with Gasteiger partial charge in [-0.2, -0.15) is 5.26 Å². The first kappa shape index (κ1) is 10.5. The lowest BCUT2D eigenvalue weighted by Gasteiger charge is -2.40. The van der Waals surface area contributed by atoms with Gasteiger partial charge in [-0.1, -0.05) is 27.2 Å². The smallest absolute Gasteiger partial charge is 0.109 e. The molecule has 3 unspecified atom stereocenters. The maximum absolute atomic E-state index is 9.25. The monoisotopic (exact) mass is 180 g/mol. The summed E-state index contributed by atoms with van der Waals surface area (Å²) in [6.07, 6.45) is 3.47. The maximum atomic E-state index is 9.25. The molecule has 1 saturated carbocycles. The number of nitriles is 1. The quantitative estimate of drug-likeness (QED) is 0.708. The average molecular weight is 180 g/mol. The van der Waals surface area contributed by atoms with Crippen molar-refractivity contribution in [3.8, 4) is 6.07 Å². The van der Waals surface area contributed by atoms with Crippen LogP contribution in [0.2, 0.25) is 0 Å². The zero-order chi connectivity index (χ0) is 9.90. The van der Waals surface area contributed by atoms with Crippen LogP contribution < -0.4 is 5.32 Å². The minimum absolute atomic E-state index is 0.244. The molecular weight excluding hydrogens is 160 g/mol. The Morgan fingerprint density at radius 1 is 1.46 bits per heavy atom. The van der Waals surface area contributed by atoms with Gasteiger partial charge in [-0.25, -0.2) is 0 Å². The summed E-state index contributed by atoms with van der Waals surface area (Å²) in [5.41, 5.74) is -0.244. The summed E-state index contributed by atoms with van der Waals surface area (Å²) in [5, 5.41) is 12.6. The first-order valence-corrected chi connectivity index (χ1v) is 5.31. The van der Waals surface area contributed by atoms with Crippen molar-refractivity contribution in [3.05, 3.63) is 0 Å². The Morgan fingerprint density at radius 2 is 2.15 bits per heavy atom. The van der Waals surface area contributed by atoms with Crippen molar-refractivity contribution in [2.24, 2.45) is 11.8 Å². The number of rotatable bonds is 2. The van der Waals surface area contributed by atoms with E-state index in [9.17, 15) is 5.26 Å². The van der Waals surface area contributed by atoms with Crippen LogP contribution in [0.5, 0.6) is 0 Å². The second-order valence-electron chi connectivity index (χ2n) is 4.40. The lowest BCUT2D eigenvalue weighted by molar-refractivity contribution is 0.173. The van der Waals surface area contributed by atoms with Crippen LogP contribution in [0.3, 0.4) is 0 Å². The lowest BCUT2D eigenvalue weighted by atomic mass is 9.70. The Bertz CT molecular complexity index is 207. The molecule has 0 aliphatic heterocycles. The molecule has 2 heteroatoms. The van der Waals surface area contributed by atoms with Gasteiger partial charge in [0.15, 0.2) is 0 Å². The Morgan fingerprint density at radius 3 is 2.69 bits per heavy atom. The van der Waals surface area contributed by atoms with E-state index in [0.717, 1.165) is 13.0 Å². The van der Waals surface area contributed by atoms with Crippen LogP contribution in [-0.4, -0.2) is 12.1 Å². The van der Waals surface area contributed by atoms with Crippen molar-refractivity contribution in [1.29, 1.82) is 5.26 Å². The summed E-state index contributed by atoms with van der Waals surface area (Å²) in [4.78, 5) is 0. The summed E-state index contributed by atoms with van der Waals surface area (Å²) in [6, 6.07) is 2.49. The fourth-order valence-corrected chi connectivity index (χ4v) is 2.39. The molecule has 0 aromatic rings. The highest BCUT2D eigenvalue weighted by molar-refractivity contribution is 5.12. The molecule has 0 spiro atoms. The topological polar surface area (TPSA) is 35.8 Å². The summed E-state index contributed by atoms with van der Waals surface area (Å²) >= 11 is 0. The third-order valence-corrected chi connectivity index (χ3v) is 3.30. The van der Waals surface area contributed by atoms with Gasteiger partial charge in [0.2, 0.25) is 0 Å². The molecule has 3 atom stereocenters. The predicted molar refractivity (Wildman–Crippen MR) is 54.2 cm³/mol. The SMILES string of the molecule is CCNC1(C#N)CC(C)CCC1C. The maximum Gasteiger partial charge on any atom is 0.109 e. The molecule has 2 nitrogen and oxygen atoms in total. The highest BCUT2D eigenvalue weighted by Crippen LogP contribution is 2.36. The fraction of sp³-hybridized carbons (Fsp3) is 0.909. The van der Waals surface area contributed by atoms with E-state index in [2.05, 4.69) is 32.2 Å². The summed E-state index contributed by atoms with van der Waals surface area (Å²) in [7, 11) is 0. The standard InChI is InChI=1S/C11H20N2/c1-4-13-11(8-12)7-9(2)5-6-10(11)3/h9-10,13H,4-7H2,1-3H3. The number of hydrogen-bond acceptors (Lipinski definition) is 2. The second kappa shape index (κ2) is 4.11. The molecule has 1 aliphatic rings. The van der Waals surface area contributed by atoms with Gasteiger partial charge in [0.25, 0.3) is 0 Å². The van der Waals surface area contributed by atoms with Crippen LogP contribution in [0.25, 0.3) is 0 Å². The largest absolute Gasteiger partial charge is 0.299 e. The van der Waals surface area contributed by atoms with E-state index in [0.29, 0.717) is 11.8 Å². The highest BCUT2D eigenvalue weighted by Gasteiger charge is 2.39. The second-order valence-corrected chi connectivity index (χ2v) is 4.40. The molecule has 1 aliphatic carbocycles. The average Bonchev–Trinajstić information content (AvgIpc) is 2.12. The minimum atomic E-state index is -0.244. The van der Waals surface area contributed by atoms with Crippen molar-refractivity contribution in [3.63, 3.8) is 0 Å². The molecule has 1 rings (SSSR count). The summed E-state index contributed by atoms with van der Waals surface area (Å²) in [5.74, 6) is 1.18. The van der Waals surface area contributed by atoms with Gasteiger partial charge in [0.1, 0.15) is 5.54 Å². The van der Waals surface area contributed by atoms with Crippen molar-refractivity contribution in [2.45, 2.75) is 45.6 Å². The van der Waals surface area contributed by atoms with Gasteiger partial charge in [-0.3, -0.25) is 5.32 Å². The molecule has 0 amide bonds. The Balaban J connectivity index is 2.75. The first-order valence-electron chi connectivity index (χ1n) is 5.31. The van der Waals surface area contributed by atoms with Crippen molar-refractivity contribution < 1.29 is 0 Å². The summed E-state index contributed by atoms with van der Waals surface area (Å²) < 4.78 is 0. The molecule has 0 bridgehead atoms. The van der Waals surface area contributed by atoms with Gasteiger partial charge >= 0.3 is 0 Å². The van der Waals surface area contributed by atoms with Crippen LogP contribution in [0.15, 0.2) is 0 Å². The Labute approximate surface area is 81.3 Å². The van der Waals surface area contributed by atoms with Crippen LogP contribution in [0.1, 0.15) is 40.0 Å². The molecule has 0 aromatic carbocycles. The van der Waals surface area contributed by atoms with E-state index in [1.54, 1.807) is 0 Å². The predicted octanol–water partition coefficient (Wildman–Crippen LogP) is 2.31. The van der Waals surface area contributed by atoms with Crippen LogP contribution in [0, 0.1) is 23.2 Å². The minimum Gasteiger partial charge on any atom is -0.299 e. The third kappa shape index (κ3) is 2.03. The lowest BCUT2D eigenvalue weighted by Crippen LogP contribution is -2.52. The molecular formula is C11H20N2. The van der Waals surface area contributed by atoms with Crippen molar-refractivity contribution in [1.82, 2.24) is 5.32 Å². The number of nitrogens with zero attached hydrogens (tertiary/aromatic N) is 1. The molecule has 0 saturated heterocycles. The van der Waals surface area contributed by atoms with Gasteiger partial charge < -0.3 is 0 Å². The van der Waals surface area contributed by atoms with E-state index in [1.165, 1.54) is 12.8 Å². The molecule has 1 N–H and O–H groups in total. The van der Waals surface area contributed by atoms with Crippen LogP contribution in [0.4, 0.5) is 0 Å². The summed E-state index contributed by atoms with van der Waals surface area (Å²) in [6.45, 7) is 7.41. The molecule has 13 heavy (non-hydrogen) atoms. The highest BCUT2D eigenvalue weighted by atomic mass is 15.0. The number of hydrogen-bond donors (Lipinski definition) is 1. The van der Waals surface area contributed by atoms with Gasteiger partial charge in [-0.15, -0.1) is 0 Å². The van der Waals surface area contributed by atoms with E-state index < -0.39 is 0 Å². The zero-order valence-electron chi connectivity index (χ0n) is 8.93. The fourth-order valence-electron chi connectivity index (χ4n) is 2.39. The molecule has 0 radical (unpaired) electrons. The van der Waals surface area contributed by atoms with Crippen LogP contribution in [-0.2, 0) is 0 Å². The molecule has 74 valence electrons. The normalized spacial score (nSPS) is 39.8. The zero-order valence-corrected chi connectivity index (χ0v) is 8.93. The van der Waals surface area contributed by atoms with Crippen molar-refractivity contribution >= 4 is 0 Å². The van der Waals surface area contributed by atoms with E-state index in [-0.39, 0.29) is 5.54 Å². The Hall–Kier alpha value is -0.550. The van der Waals surface area contributed by atoms with E-state index in [4.69, 9.17) is 0 Å². The van der Waals surface area contributed by atoms with Gasteiger partial charge in [-0.05, 0) is 31.2 Å². The third-order valence-electron chi connectivity index (χ3n) is 3.30. The number of nitrogens with one attached hydrogen (secondary N) is 1. The van der Waals surface area contributed by atoms with Gasteiger partial charge in [0.05, 0.1) is 6.07 Å². The van der Waals surface area contributed by atoms with E-state index in [1.807, 2.05) is 0 Å². The molecule has 1 fully saturated rings. The van der Waals surface area contributed by atoms with Crippen molar-refractivity contribution in [2.75, 3.05) is 6.54 Å². The molecule has 0 heterocycles. The van der Waals surface area contributed by atoms with Gasteiger partial charge in [0, 0.05) is 0 Å². The van der Waals surface area contributed by atoms with Crippen LogP contribution >= 0.6 is 0 Å². The first-order chi connectivity index (χ1) is 6.14. The molecule has 0 aromatic heterocycles.